The van der Waals surface area contributed by atoms with Crippen LogP contribution in [0.2, 0.25) is 0 Å². The smallest absolute Gasteiger partial charge is 0.350 e. The summed E-state index contributed by atoms with van der Waals surface area (Å²) >= 11 is 0. The first-order chi connectivity index (χ1) is 4.04. The van der Waals surface area contributed by atoms with E-state index in [2.05, 4.69) is 11.5 Å². The molecule has 0 fully saturated rings. The van der Waals surface area contributed by atoms with Crippen LogP contribution < -0.4 is 16.9 Å². The molecule has 0 spiro atoms. The van der Waals surface area contributed by atoms with Crippen molar-refractivity contribution in [3.8, 4) is 0 Å². The van der Waals surface area contributed by atoms with Crippen molar-refractivity contribution in [2.75, 3.05) is 0 Å². The maximum absolute atomic E-state index is 9.86. The first kappa shape index (κ1) is 7.50. The Morgan fingerprint density at radius 2 is 1.89 bits per heavy atom. The van der Waals surface area contributed by atoms with Gasteiger partial charge in [0, 0.05) is 0 Å². The number of nitrogens with zero attached hydrogens (tertiary/aromatic N) is 1. The first-order valence-electron chi connectivity index (χ1n) is 1.88. The van der Waals surface area contributed by atoms with Crippen molar-refractivity contribution in [1.82, 2.24) is 10.6 Å². The first-order valence-corrected chi connectivity index (χ1v) is 1.88. The fraction of sp³-hybridized carbons (Fsp3) is 0. The van der Waals surface area contributed by atoms with Crippen molar-refractivity contribution in [2.45, 2.75) is 0 Å². The summed E-state index contributed by atoms with van der Waals surface area (Å²) in [5.41, 5.74) is 10.4. The van der Waals surface area contributed by atoms with Gasteiger partial charge < -0.3 is 11.5 Å². The topological polar surface area (TPSA) is 122 Å². The molecule has 4 amide bonds. The molecule has 0 rings (SSSR count). The van der Waals surface area contributed by atoms with E-state index >= 15 is 0 Å². The molecule has 0 atom stereocenters. The second-order valence-electron chi connectivity index (χ2n) is 1.13. The normalized spacial score (nSPS) is 8.11. The molecular weight excluding hydrogens is 128 g/mol. The number of hydrogen-bond donors (Lipinski definition) is 4. The minimum Gasteiger partial charge on any atom is -0.350 e. The van der Waals surface area contributed by atoms with Crippen molar-refractivity contribution in [2.24, 2.45) is 11.5 Å². The molecule has 0 saturated heterocycles. The molecule has 0 aromatic rings. The minimum absolute atomic E-state index is 0.220. The van der Waals surface area contributed by atoms with Gasteiger partial charge in [0.15, 0.2) is 0 Å². The van der Waals surface area contributed by atoms with Crippen LogP contribution in [-0.2, 0) is 0 Å². The SMILES string of the molecule is NC(=O)NN(O)C(N)=O. The van der Waals surface area contributed by atoms with Gasteiger partial charge in [0.2, 0.25) is 0 Å². The highest BCUT2D eigenvalue weighted by Gasteiger charge is 2.04. The molecule has 0 saturated carbocycles. The molecule has 0 radical (unpaired) electrons. The lowest BCUT2D eigenvalue weighted by molar-refractivity contribution is -0.0696. The monoisotopic (exact) mass is 134 g/mol. The third kappa shape index (κ3) is 3.12. The van der Waals surface area contributed by atoms with Crippen LogP contribution in [0, 0.1) is 0 Å². The van der Waals surface area contributed by atoms with Gasteiger partial charge in [-0.15, -0.1) is 5.17 Å². The predicted molar refractivity (Wildman–Crippen MR) is 25.9 cm³/mol. The molecule has 0 aromatic carbocycles. The number of primary amides is 2. The summed E-state index contributed by atoms with van der Waals surface area (Å²) in [4.78, 5) is 19.7. The van der Waals surface area contributed by atoms with E-state index in [1.165, 1.54) is 5.43 Å². The molecule has 6 N–H and O–H groups in total. The highest BCUT2D eigenvalue weighted by atomic mass is 16.6. The number of hydrogen-bond acceptors (Lipinski definition) is 3. The minimum atomic E-state index is -1.21. The van der Waals surface area contributed by atoms with E-state index in [0.29, 0.717) is 0 Å². The zero-order valence-electron chi connectivity index (χ0n) is 4.37. The van der Waals surface area contributed by atoms with Crippen molar-refractivity contribution >= 4 is 12.1 Å². The maximum atomic E-state index is 9.86. The van der Waals surface area contributed by atoms with Crippen LogP contribution in [0.3, 0.4) is 0 Å². The molecular formula is C2H6N4O3. The summed E-state index contributed by atoms with van der Waals surface area (Å²) in [6.07, 6.45) is 0. The van der Waals surface area contributed by atoms with Gasteiger partial charge in [-0.05, 0) is 0 Å². The lowest BCUT2D eigenvalue weighted by Crippen LogP contribution is -2.48. The number of nitrogens with one attached hydrogen (secondary N) is 1. The zero-order chi connectivity index (χ0) is 7.44. The van der Waals surface area contributed by atoms with Gasteiger partial charge in [-0.3, -0.25) is 5.21 Å². The van der Waals surface area contributed by atoms with Crippen molar-refractivity contribution in [1.29, 1.82) is 0 Å². The Labute approximate surface area is 50.1 Å². The van der Waals surface area contributed by atoms with Gasteiger partial charge in [-0.1, -0.05) is 0 Å². The lowest BCUT2D eigenvalue weighted by Gasteiger charge is -2.09. The summed E-state index contributed by atoms with van der Waals surface area (Å²) in [6, 6.07) is -2.29. The van der Waals surface area contributed by atoms with Crippen LogP contribution in [0.25, 0.3) is 0 Å². The van der Waals surface area contributed by atoms with Crippen LogP contribution >= 0.6 is 0 Å². The summed E-state index contributed by atoms with van der Waals surface area (Å²) in [6.45, 7) is 0. The number of amides is 4. The molecule has 0 aromatic heterocycles. The Morgan fingerprint density at radius 3 is 2.00 bits per heavy atom. The number of urea groups is 2. The van der Waals surface area contributed by atoms with Crippen LogP contribution in [0.4, 0.5) is 9.59 Å². The van der Waals surface area contributed by atoms with Gasteiger partial charge in [0.25, 0.3) is 0 Å². The number of rotatable bonds is 0. The molecule has 9 heavy (non-hydrogen) atoms. The molecule has 0 aliphatic rings. The van der Waals surface area contributed by atoms with Gasteiger partial charge in [0.1, 0.15) is 0 Å². The summed E-state index contributed by atoms with van der Waals surface area (Å²) in [5.74, 6) is 0. The Kier molecular flexibility index (Phi) is 2.27. The van der Waals surface area contributed by atoms with E-state index < -0.39 is 12.1 Å². The van der Waals surface area contributed by atoms with E-state index in [1.807, 2.05) is 0 Å². The van der Waals surface area contributed by atoms with E-state index in [4.69, 9.17) is 5.21 Å². The van der Waals surface area contributed by atoms with E-state index in [0.717, 1.165) is 0 Å². The molecule has 0 aliphatic heterocycles. The van der Waals surface area contributed by atoms with Crippen LogP contribution in [0.5, 0.6) is 0 Å². The van der Waals surface area contributed by atoms with Crippen LogP contribution in [0.15, 0.2) is 0 Å². The third-order valence-electron chi connectivity index (χ3n) is 0.425. The second kappa shape index (κ2) is 2.72. The fourth-order valence-electron chi connectivity index (χ4n) is 0.159. The average molecular weight is 134 g/mol. The van der Waals surface area contributed by atoms with Crippen LogP contribution in [0.1, 0.15) is 0 Å². The van der Waals surface area contributed by atoms with Crippen LogP contribution in [-0.4, -0.2) is 22.4 Å². The third-order valence-corrected chi connectivity index (χ3v) is 0.425. The number of carbonyl (C=O) groups is 2. The standard InChI is InChI=1S/C2H6N4O3/c3-1(7)5-6(9)2(4)8/h9H,(H2,4,8)(H3,3,5,7). The van der Waals surface area contributed by atoms with E-state index in [1.54, 1.807) is 0 Å². The molecule has 0 unspecified atom stereocenters. The average Bonchev–Trinajstić information content (AvgIpc) is 1.63. The zero-order valence-corrected chi connectivity index (χ0v) is 4.37. The molecule has 0 bridgehead atoms. The molecule has 0 heterocycles. The Bertz CT molecular complexity index is 134. The van der Waals surface area contributed by atoms with E-state index in [-0.39, 0.29) is 5.17 Å². The molecule has 7 heteroatoms. The van der Waals surface area contributed by atoms with Gasteiger partial charge in [-0.25, -0.2) is 15.0 Å². The molecule has 7 nitrogen and oxygen atoms in total. The number of hydrazine groups is 1. The van der Waals surface area contributed by atoms with Crippen molar-refractivity contribution in [3.63, 3.8) is 0 Å². The lowest BCUT2D eigenvalue weighted by atomic mass is 11.0. The Hall–Kier alpha value is -1.50. The highest BCUT2D eigenvalue weighted by Crippen LogP contribution is 1.69. The fourth-order valence-corrected chi connectivity index (χ4v) is 0.159. The van der Waals surface area contributed by atoms with Crippen molar-refractivity contribution < 1.29 is 14.8 Å². The number of nitrogens with two attached hydrogens (primary N) is 2. The Balaban J connectivity index is 3.63. The van der Waals surface area contributed by atoms with Gasteiger partial charge >= 0.3 is 12.1 Å². The molecule has 52 valence electrons. The largest absolute Gasteiger partial charge is 0.358 e. The van der Waals surface area contributed by atoms with E-state index in [9.17, 15) is 9.59 Å². The summed E-state index contributed by atoms with van der Waals surface area (Å²) in [5, 5.41) is 8.02. The highest BCUT2D eigenvalue weighted by molar-refractivity contribution is 5.77. The van der Waals surface area contributed by atoms with Gasteiger partial charge in [0.05, 0.1) is 0 Å². The second-order valence-corrected chi connectivity index (χ2v) is 1.13. The summed E-state index contributed by atoms with van der Waals surface area (Å²) < 4.78 is 0. The van der Waals surface area contributed by atoms with Crippen molar-refractivity contribution in [3.05, 3.63) is 0 Å². The number of carbonyl (C=O) groups excluding carboxylic acids is 2. The Morgan fingerprint density at radius 1 is 1.44 bits per heavy atom. The maximum Gasteiger partial charge on any atom is 0.358 e. The predicted octanol–water partition coefficient (Wildman–Crippen LogP) is -1.66. The summed E-state index contributed by atoms with van der Waals surface area (Å²) in [7, 11) is 0. The quantitative estimate of drug-likeness (QED) is 0.234. The molecule has 0 aliphatic carbocycles. The number of hydroxylamine groups is 1. The van der Waals surface area contributed by atoms with Gasteiger partial charge in [-0.2, -0.15) is 0 Å².